The van der Waals surface area contributed by atoms with Crippen LogP contribution in [0.3, 0.4) is 0 Å². The Bertz CT molecular complexity index is 1320. The van der Waals surface area contributed by atoms with Crippen molar-refractivity contribution in [2.45, 2.75) is 24.7 Å². The van der Waals surface area contributed by atoms with Crippen LogP contribution in [0.2, 0.25) is 0 Å². The second kappa shape index (κ2) is 12.7. The highest BCUT2D eigenvalue weighted by Gasteiger charge is 2.18. The summed E-state index contributed by atoms with van der Waals surface area (Å²) in [7, 11) is -2.10. The van der Waals surface area contributed by atoms with Crippen LogP contribution in [0.15, 0.2) is 89.8 Å². The van der Waals surface area contributed by atoms with E-state index >= 15 is 0 Å². The zero-order valence-electron chi connectivity index (χ0n) is 20.2. The number of hydrogen-bond donors (Lipinski definition) is 3. The number of hydrogen-bond acceptors (Lipinski definition) is 5. The summed E-state index contributed by atoms with van der Waals surface area (Å²) in [4.78, 5) is 24.5. The fourth-order valence-corrected chi connectivity index (χ4v) is 4.63. The maximum absolute atomic E-state index is 12.8. The van der Waals surface area contributed by atoms with Crippen molar-refractivity contribution in [1.82, 2.24) is 4.72 Å². The molecule has 3 aromatic carbocycles. The fourth-order valence-electron chi connectivity index (χ4n) is 3.33. The number of sulfonamides is 1. The van der Waals surface area contributed by atoms with Gasteiger partial charge in [0, 0.05) is 35.6 Å². The van der Waals surface area contributed by atoms with Crippen LogP contribution >= 0.6 is 0 Å². The summed E-state index contributed by atoms with van der Waals surface area (Å²) in [5.41, 5.74) is 2.34. The predicted octanol–water partition coefficient (Wildman–Crippen LogP) is 4.57. The van der Waals surface area contributed by atoms with E-state index in [2.05, 4.69) is 15.4 Å². The number of carbonyl (C=O) groups is 2. The highest BCUT2D eigenvalue weighted by molar-refractivity contribution is 7.89. The molecule has 188 valence electrons. The SMILES string of the molecule is CCCCNS(=O)(=O)c1ccccc1-c1ccc(NC(=O)C=CC(=O)Nc2ccc(OC)cc2)cc1. The molecule has 9 heteroatoms. The third-order valence-electron chi connectivity index (χ3n) is 5.21. The van der Waals surface area contributed by atoms with Gasteiger partial charge in [-0.1, -0.05) is 43.7 Å². The Balaban J connectivity index is 1.63. The lowest BCUT2D eigenvalue weighted by Crippen LogP contribution is -2.25. The van der Waals surface area contributed by atoms with Crippen molar-refractivity contribution in [2.24, 2.45) is 0 Å². The Morgan fingerprint density at radius 2 is 1.39 bits per heavy atom. The number of ether oxygens (including phenoxy) is 1. The highest BCUT2D eigenvalue weighted by atomic mass is 32.2. The second-order valence-electron chi connectivity index (χ2n) is 7.87. The molecule has 3 N–H and O–H groups in total. The molecule has 0 unspecified atom stereocenters. The molecule has 3 aromatic rings. The minimum atomic E-state index is -3.66. The predicted molar refractivity (Wildman–Crippen MR) is 141 cm³/mol. The summed E-state index contributed by atoms with van der Waals surface area (Å²) in [5.74, 6) is -0.255. The van der Waals surface area contributed by atoms with Crippen LogP contribution in [0.5, 0.6) is 5.75 Å². The van der Waals surface area contributed by atoms with Gasteiger partial charge in [0.1, 0.15) is 5.75 Å². The number of methoxy groups -OCH3 is 1. The Kier molecular flexibility index (Phi) is 9.38. The summed E-state index contributed by atoms with van der Waals surface area (Å²) in [6.07, 6.45) is 3.92. The Hall–Kier alpha value is -3.95. The Labute approximate surface area is 211 Å². The van der Waals surface area contributed by atoms with Crippen LogP contribution in [-0.2, 0) is 19.6 Å². The molecule has 8 nitrogen and oxygen atoms in total. The first-order chi connectivity index (χ1) is 17.3. The largest absolute Gasteiger partial charge is 0.497 e. The van der Waals surface area contributed by atoms with E-state index in [0.29, 0.717) is 34.8 Å². The zero-order valence-corrected chi connectivity index (χ0v) is 21.0. The fraction of sp³-hybridized carbons (Fsp3) is 0.185. The van der Waals surface area contributed by atoms with Crippen LogP contribution in [0.25, 0.3) is 11.1 Å². The molecule has 0 saturated heterocycles. The molecule has 2 amide bonds. The molecule has 0 aliphatic rings. The molecule has 0 radical (unpaired) electrons. The molecule has 0 spiro atoms. The van der Waals surface area contributed by atoms with Crippen molar-refractivity contribution >= 4 is 33.2 Å². The van der Waals surface area contributed by atoms with E-state index in [-0.39, 0.29) is 4.90 Å². The lowest BCUT2D eigenvalue weighted by atomic mass is 10.1. The zero-order chi connectivity index (χ0) is 26.0. The number of unbranched alkanes of at least 4 members (excludes halogenated alkanes) is 1. The van der Waals surface area contributed by atoms with Gasteiger partial charge in [0.25, 0.3) is 0 Å². The van der Waals surface area contributed by atoms with E-state index in [1.165, 1.54) is 0 Å². The lowest BCUT2D eigenvalue weighted by molar-refractivity contribution is -0.114. The number of amides is 2. The van der Waals surface area contributed by atoms with Crippen molar-refractivity contribution in [3.63, 3.8) is 0 Å². The van der Waals surface area contributed by atoms with Crippen molar-refractivity contribution < 1.29 is 22.7 Å². The van der Waals surface area contributed by atoms with E-state index in [4.69, 9.17) is 4.74 Å². The summed E-state index contributed by atoms with van der Waals surface area (Å²) >= 11 is 0. The Morgan fingerprint density at radius 1 is 0.833 bits per heavy atom. The first-order valence-electron chi connectivity index (χ1n) is 11.5. The van der Waals surface area contributed by atoms with Gasteiger partial charge in [-0.15, -0.1) is 0 Å². The third-order valence-corrected chi connectivity index (χ3v) is 6.73. The summed E-state index contributed by atoms with van der Waals surface area (Å²) < 4.78 is 33.2. The monoisotopic (exact) mass is 507 g/mol. The molecular weight excluding hydrogens is 478 g/mol. The smallest absolute Gasteiger partial charge is 0.248 e. The van der Waals surface area contributed by atoms with Gasteiger partial charge < -0.3 is 15.4 Å². The van der Waals surface area contributed by atoms with E-state index in [1.807, 2.05) is 6.92 Å². The van der Waals surface area contributed by atoms with Gasteiger partial charge in [-0.3, -0.25) is 9.59 Å². The molecule has 36 heavy (non-hydrogen) atoms. The first-order valence-corrected chi connectivity index (χ1v) is 12.9. The molecule has 0 bridgehead atoms. The third kappa shape index (κ3) is 7.53. The van der Waals surface area contributed by atoms with E-state index in [0.717, 1.165) is 25.0 Å². The molecule has 0 aliphatic heterocycles. The van der Waals surface area contributed by atoms with Crippen molar-refractivity contribution in [3.05, 3.63) is 84.9 Å². The molecule has 0 atom stereocenters. The van der Waals surface area contributed by atoms with Crippen LogP contribution in [0, 0.1) is 0 Å². The van der Waals surface area contributed by atoms with Gasteiger partial charge in [0.15, 0.2) is 0 Å². The van der Waals surface area contributed by atoms with Crippen LogP contribution in [0.1, 0.15) is 19.8 Å². The van der Waals surface area contributed by atoms with Gasteiger partial charge in [-0.25, -0.2) is 13.1 Å². The van der Waals surface area contributed by atoms with Crippen LogP contribution in [-0.4, -0.2) is 33.9 Å². The summed E-state index contributed by atoms with van der Waals surface area (Å²) in [6.45, 7) is 2.37. The molecule has 0 aliphatic carbocycles. The molecular formula is C27H29N3O5S. The molecule has 0 saturated carbocycles. The molecule has 0 fully saturated rings. The maximum atomic E-state index is 12.8. The molecule has 3 rings (SSSR count). The Morgan fingerprint density at radius 3 is 1.94 bits per heavy atom. The molecule has 0 heterocycles. The van der Waals surface area contributed by atoms with E-state index < -0.39 is 21.8 Å². The summed E-state index contributed by atoms with van der Waals surface area (Å²) in [5, 5.41) is 5.34. The highest BCUT2D eigenvalue weighted by Crippen LogP contribution is 2.28. The average molecular weight is 508 g/mol. The second-order valence-corrected chi connectivity index (χ2v) is 9.60. The van der Waals surface area contributed by atoms with Gasteiger partial charge in [-0.05, 0) is 54.4 Å². The van der Waals surface area contributed by atoms with Gasteiger partial charge in [0.2, 0.25) is 21.8 Å². The van der Waals surface area contributed by atoms with Crippen molar-refractivity contribution in [3.8, 4) is 16.9 Å². The topological polar surface area (TPSA) is 114 Å². The normalized spacial score (nSPS) is 11.3. The minimum absolute atomic E-state index is 0.198. The van der Waals surface area contributed by atoms with Gasteiger partial charge >= 0.3 is 0 Å². The number of benzene rings is 3. The van der Waals surface area contributed by atoms with Crippen molar-refractivity contribution in [2.75, 3.05) is 24.3 Å². The van der Waals surface area contributed by atoms with Gasteiger partial charge in [0.05, 0.1) is 12.0 Å². The number of anilines is 2. The minimum Gasteiger partial charge on any atom is -0.497 e. The van der Waals surface area contributed by atoms with Gasteiger partial charge in [-0.2, -0.15) is 0 Å². The quantitative estimate of drug-likeness (QED) is 0.260. The maximum Gasteiger partial charge on any atom is 0.248 e. The summed E-state index contributed by atoms with van der Waals surface area (Å²) in [6, 6.07) is 20.4. The van der Waals surface area contributed by atoms with Crippen molar-refractivity contribution in [1.29, 1.82) is 0 Å². The number of carbonyl (C=O) groups excluding carboxylic acids is 2. The van der Waals surface area contributed by atoms with E-state index in [1.54, 1.807) is 79.9 Å². The molecule has 0 aromatic heterocycles. The van der Waals surface area contributed by atoms with Crippen LogP contribution < -0.4 is 20.1 Å². The van der Waals surface area contributed by atoms with Crippen LogP contribution in [0.4, 0.5) is 11.4 Å². The lowest BCUT2D eigenvalue weighted by Gasteiger charge is -2.12. The first kappa shape index (κ1) is 26.7. The number of nitrogens with one attached hydrogen (secondary N) is 3. The van der Waals surface area contributed by atoms with E-state index in [9.17, 15) is 18.0 Å². The standard InChI is InChI=1S/C27H29N3O5S/c1-3-4-19-28-36(33,34)25-8-6-5-7-24(25)20-9-11-21(12-10-20)29-26(31)17-18-27(32)30-22-13-15-23(35-2)16-14-22/h5-18,28H,3-4,19H2,1-2H3,(H,29,31)(H,30,32). The average Bonchev–Trinajstić information content (AvgIpc) is 2.88. The number of rotatable bonds is 11.